The van der Waals surface area contributed by atoms with Gasteiger partial charge in [-0.05, 0) is 42.5 Å². The molecular weight excluding hydrogens is 491 g/mol. The Bertz CT molecular complexity index is 854. The SMILES string of the molecule is CC(C)[C@@H](CNc1ccc(OC(F)(F)F)cc1)NC(=O)OC(CC1CCCCC1)C(=O)N1CCOCC1. The maximum absolute atomic E-state index is 13.2. The van der Waals surface area contributed by atoms with Gasteiger partial charge in [-0.1, -0.05) is 46.0 Å². The molecule has 37 heavy (non-hydrogen) atoms. The third-order valence-electron chi connectivity index (χ3n) is 6.84. The summed E-state index contributed by atoms with van der Waals surface area (Å²) in [6.45, 7) is 6.09. The van der Waals surface area contributed by atoms with Crippen LogP contribution < -0.4 is 15.4 Å². The maximum Gasteiger partial charge on any atom is 0.573 e. The fraction of sp³-hybridized carbons (Fsp3) is 0.692. The number of halogens is 3. The molecule has 0 bridgehead atoms. The second-order valence-electron chi connectivity index (χ2n) is 10.0. The first-order valence-corrected chi connectivity index (χ1v) is 13.0. The molecule has 2 aliphatic rings. The predicted octanol–water partition coefficient (Wildman–Crippen LogP) is 4.95. The molecule has 3 rings (SSSR count). The van der Waals surface area contributed by atoms with E-state index in [-0.39, 0.29) is 23.6 Å². The van der Waals surface area contributed by atoms with Gasteiger partial charge in [0.25, 0.3) is 5.91 Å². The number of alkyl carbamates (subject to hydrolysis) is 1. The average Bonchev–Trinajstić information content (AvgIpc) is 2.86. The molecule has 2 N–H and O–H groups in total. The largest absolute Gasteiger partial charge is 0.573 e. The van der Waals surface area contributed by atoms with Crippen molar-refractivity contribution in [2.75, 3.05) is 38.2 Å². The van der Waals surface area contributed by atoms with Gasteiger partial charge < -0.3 is 29.7 Å². The molecule has 0 radical (unpaired) electrons. The Labute approximate surface area is 216 Å². The highest BCUT2D eigenvalue weighted by Gasteiger charge is 2.33. The summed E-state index contributed by atoms with van der Waals surface area (Å²) < 4.78 is 52.1. The van der Waals surface area contributed by atoms with Crippen molar-refractivity contribution in [2.24, 2.45) is 11.8 Å². The van der Waals surface area contributed by atoms with Crippen LogP contribution in [0.4, 0.5) is 23.7 Å². The lowest BCUT2D eigenvalue weighted by Gasteiger charge is -2.33. The molecule has 1 aliphatic heterocycles. The van der Waals surface area contributed by atoms with Gasteiger partial charge in [0, 0.05) is 25.3 Å². The number of carbonyl (C=O) groups is 2. The van der Waals surface area contributed by atoms with Crippen molar-refractivity contribution in [3.05, 3.63) is 24.3 Å². The molecule has 2 atom stereocenters. The number of amides is 2. The zero-order valence-electron chi connectivity index (χ0n) is 21.5. The molecule has 1 aromatic rings. The van der Waals surface area contributed by atoms with Crippen molar-refractivity contribution in [2.45, 2.75) is 70.9 Å². The van der Waals surface area contributed by atoms with Gasteiger partial charge >= 0.3 is 12.5 Å². The van der Waals surface area contributed by atoms with Crippen molar-refractivity contribution < 1.29 is 37.0 Å². The molecule has 0 aromatic heterocycles. The van der Waals surface area contributed by atoms with E-state index < -0.39 is 18.6 Å². The van der Waals surface area contributed by atoms with Crippen LogP contribution in [0.15, 0.2) is 24.3 Å². The molecule has 1 aromatic carbocycles. The highest BCUT2D eigenvalue weighted by atomic mass is 19.4. The molecule has 208 valence electrons. The van der Waals surface area contributed by atoms with Crippen LogP contribution in [0.1, 0.15) is 52.4 Å². The molecule has 1 heterocycles. The van der Waals surface area contributed by atoms with Gasteiger partial charge in [0.15, 0.2) is 6.10 Å². The standard InChI is InChI=1S/C26H38F3N3O5/c1-18(2)22(17-30-20-8-10-21(11-9-20)37-26(27,28)29)31-25(34)36-23(16-19-6-4-3-5-7-19)24(33)32-12-14-35-15-13-32/h8-11,18-19,22-23,30H,3-7,12-17H2,1-2H3,(H,31,34)/t22-,23?/m1/s1. The number of ether oxygens (including phenoxy) is 3. The number of benzene rings is 1. The number of carbonyl (C=O) groups excluding carboxylic acids is 2. The second kappa shape index (κ2) is 13.7. The zero-order chi connectivity index (χ0) is 26.8. The summed E-state index contributed by atoms with van der Waals surface area (Å²) in [6, 6.07) is 5.03. The first kappa shape index (κ1) is 28.9. The first-order chi connectivity index (χ1) is 17.6. The van der Waals surface area contributed by atoms with Gasteiger partial charge in [-0.25, -0.2) is 4.79 Å². The predicted molar refractivity (Wildman–Crippen MR) is 132 cm³/mol. The van der Waals surface area contributed by atoms with Crippen molar-refractivity contribution in [3.63, 3.8) is 0 Å². The van der Waals surface area contributed by atoms with Crippen molar-refractivity contribution in [3.8, 4) is 5.75 Å². The number of hydrogen-bond acceptors (Lipinski definition) is 6. The molecule has 1 unspecified atom stereocenters. The van der Waals surface area contributed by atoms with Gasteiger partial charge in [0.05, 0.1) is 19.3 Å². The zero-order valence-corrected chi connectivity index (χ0v) is 21.5. The quantitative estimate of drug-likeness (QED) is 0.446. The van der Waals surface area contributed by atoms with Gasteiger partial charge in [-0.3, -0.25) is 4.79 Å². The molecule has 11 heteroatoms. The lowest BCUT2D eigenvalue weighted by molar-refractivity contribution is -0.274. The Hall–Kier alpha value is -2.69. The van der Waals surface area contributed by atoms with E-state index in [1.54, 1.807) is 4.90 Å². The van der Waals surface area contributed by atoms with E-state index in [1.165, 1.54) is 30.7 Å². The van der Waals surface area contributed by atoms with Crippen LogP contribution in [0.5, 0.6) is 5.75 Å². The van der Waals surface area contributed by atoms with E-state index in [4.69, 9.17) is 9.47 Å². The number of nitrogens with one attached hydrogen (secondary N) is 2. The maximum atomic E-state index is 13.2. The summed E-state index contributed by atoms with van der Waals surface area (Å²) in [5.41, 5.74) is 0.577. The lowest BCUT2D eigenvalue weighted by Crippen LogP contribution is -2.50. The van der Waals surface area contributed by atoms with Crippen LogP contribution in [0.3, 0.4) is 0 Å². The van der Waals surface area contributed by atoms with Crippen LogP contribution >= 0.6 is 0 Å². The summed E-state index contributed by atoms with van der Waals surface area (Å²) in [7, 11) is 0. The number of anilines is 1. The summed E-state index contributed by atoms with van der Waals surface area (Å²) >= 11 is 0. The van der Waals surface area contributed by atoms with Crippen LogP contribution in [0.2, 0.25) is 0 Å². The molecule has 0 spiro atoms. The van der Waals surface area contributed by atoms with Crippen LogP contribution in [-0.2, 0) is 14.3 Å². The highest BCUT2D eigenvalue weighted by Crippen LogP contribution is 2.29. The fourth-order valence-electron chi connectivity index (χ4n) is 4.68. The number of alkyl halides is 3. The Morgan fingerprint density at radius 3 is 2.32 bits per heavy atom. The van der Waals surface area contributed by atoms with E-state index in [0.717, 1.165) is 25.7 Å². The van der Waals surface area contributed by atoms with Gasteiger partial charge in [0.1, 0.15) is 5.75 Å². The third-order valence-corrected chi connectivity index (χ3v) is 6.84. The first-order valence-electron chi connectivity index (χ1n) is 13.0. The molecule has 2 fully saturated rings. The number of nitrogens with zero attached hydrogens (tertiary/aromatic N) is 1. The van der Waals surface area contributed by atoms with Crippen LogP contribution in [-0.4, -0.2) is 68.3 Å². The van der Waals surface area contributed by atoms with Gasteiger partial charge in [0.2, 0.25) is 0 Å². The minimum absolute atomic E-state index is 0.0274. The van der Waals surface area contributed by atoms with Crippen molar-refractivity contribution >= 4 is 17.7 Å². The lowest BCUT2D eigenvalue weighted by atomic mass is 9.85. The Morgan fingerprint density at radius 1 is 1.08 bits per heavy atom. The minimum atomic E-state index is -4.75. The van der Waals surface area contributed by atoms with Crippen LogP contribution in [0.25, 0.3) is 0 Å². The Balaban J connectivity index is 1.57. The number of morpholine rings is 1. The minimum Gasteiger partial charge on any atom is -0.436 e. The summed E-state index contributed by atoms with van der Waals surface area (Å²) in [4.78, 5) is 27.8. The average molecular weight is 530 g/mol. The number of hydrogen-bond donors (Lipinski definition) is 2. The molecule has 8 nitrogen and oxygen atoms in total. The van der Waals surface area contributed by atoms with Crippen molar-refractivity contribution in [1.29, 1.82) is 0 Å². The molecular formula is C26H38F3N3O5. The topological polar surface area (TPSA) is 89.1 Å². The normalized spacial score (nSPS) is 18.7. The molecule has 2 amide bonds. The summed E-state index contributed by atoms with van der Waals surface area (Å²) in [5, 5.41) is 5.98. The van der Waals surface area contributed by atoms with Crippen molar-refractivity contribution in [1.82, 2.24) is 10.2 Å². The van der Waals surface area contributed by atoms with Crippen LogP contribution in [0, 0.1) is 11.8 Å². The van der Waals surface area contributed by atoms with E-state index in [9.17, 15) is 22.8 Å². The smallest absolute Gasteiger partial charge is 0.436 e. The van der Waals surface area contributed by atoms with E-state index >= 15 is 0 Å². The Kier molecular flexibility index (Phi) is 10.7. The van der Waals surface area contributed by atoms with Gasteiger partial charge in [-0.2, -0.15) is 0 Å². The third kappa shape index (κ3) is 9.94. The number of rotatable bonds is 10. The highest BCUT2D eigenvalue weighted by molar-refractivity contribution is 5.83. The molecule has 1 aliphatic carbocycles. The second-order valence-corrected chi connectivity index (χ2v) is 10.0. The van der Waals surface area contributed by atoms with Gasteiger partial charge in [-0.15, -0.1) is 13.2 Å². The van der Waals surface area contributed by atoms with E-state index in [0.29, 0.717) is 50.9 Å². The Morgan fingerprint density at radius 2 is 1.73 bits per heavy atom. The summed E-state index contributed by atoms with van der Waals surface area (Å²) in [5.74, 6) is -0.110. The fourth-order valence-corrected chi connectivity index (χ4v) is 4.68. The van der Waals surface area contributed by atoms with E-state index in [2.05, 4.69) is 15.4 Å². The molecule has 1 saturated heterocycles. The molecule has 1 saturated carbocycles. The summed E-state index contributed by atoms with van der Waals surface area (Å²) in [6.07, 6.45) is -0.229. The monoisotopic (exact) mass is 529 g/mol. The van der Waals surface area contributed by atoms with E-state index in [1.807, 2.05) is 13.8 Å².